The lowest BCUT2D eigenvalue weighted by Crippen LogP contribution is -2.40. The molecule has 0 aromatic carbocycles. The molecule has 18 heavy (non-hydrogen) atoms. The van der Waals surface area contributed by atoms with Crippen molar-refractivity contribution >= 4 is 12.0 Å². The molecule has 0 radical (unpaired) electrons. The summed E-state index contributed by atoms with van der Waals surface area (Å²) >= 11 is 0. The molecule has 0 heterocycles. The second-order valence-electron chi connectivity index (χ2n) is 5.48. The molecule has 106 valence electrons. The molecule has 3 N–H and O–H groups in total. The van der Waals surface area contributed by atoms with Gasteiger partial charge in [-0.3, -0.25) is 4.79 Å². The summed E-state index contributed by atoms with van der Waals surface area (Å²) in [6, 6.07) is -0.286. The molecular weight excluding hydrogens is 232 g/mol. The number of urea groups is 1. The summed E-state index contributed by atoms with van der Waals surface area (Å²) < 4.78 is 0. The highest BCUT2D eigenvalue weighted by Crippen LogP contribution is 2.10. The van der Waals surface area contributed by atoms with Crippen molar-refractivity contribution in [2.75, 3.05) is 13.1 Å². The van der Waals surface area contributed by atoms with Crippen molar-refractivity contribution in [3.63, 3.8) is 0 Å². The van der Waals surface area contributed by atoms with Crippen LogP contribution in [0, 0.1) is 17.8 Å². The third-order valence-electron chi connectivity index (χ3n) is 2.62. The summed E-state index contributed by atoms with van der Waals surface area (Å²) in [5.41, 5.74) is 0. The van der Waals surface area contributed by atoms with E-state index in [0.717, 1.165) is 6.42 Å². The highest BCUT2D eigenvalue weighted by Gasteiger charge is 2.19. The Morgan fingerprint density at radius 3 is 2.11 bits per heavy atom. The molecule has 5 nitrogen and oxygen atoms in total. The van der Waals surface area contributed by atoms with Crippen molar-refractivity contribution < 1.29 is 14.7 Å². The molecule has 0 bridgehead atoms. The summed E-state index contributed by atoms with van der Waals surface area (Å²) in [5.74, 6) is -0.526. The monoisotopic (exact) mass is 258 g/mol. The van der Waals surface area contributed by atoms with Gasteiger partial charge in [-0.15, -0.1) is 0 Å². The zero-order chi connectivity index (χ0) is 14.1. The molecule has 1 atom stereocenters. The van der Waals surface area contributed by atoms with Gasteiger partial charge in [0, 0.05) is 13.1 Å². The van der Waals surface area contributed by atoms with E-state index in [1.165, 1.54) is 0 Å². The smallest absolute Gasteiger partial charge is 0.314 e. The summed E-state index contributed by atoms with van der Waals surface area (Å²) in [7, 11) is 0. The number of hydrogen-bond donors (Lipinski definition) is 3. The van der Waals surface area contributed by atoms with E-state index in [-0.39, 0.29) is 12.6 Å². The average molecular weight is 258 g/mol. The zero-order valence-corrected chi connectivity index (χ0v) is 11.8. The van der Waals surface area contributed by atoms with Gasteiger partial charge in [0.25, 0.3) is 0 Å². The van der Waals surface area contributed by atoms with Gasteiger partial charge < -0.3 is 15.7 Å². The first-order valence-corrected chi connectivity index (χ1v) is 6.57. The first-order valence-electron chi connectivity index (χ1n) is 6.57. The second kappa shape index (κ2) is 8.78. The number of hydrogen-bond acceptors (Lipinski definition) is 2. The Balaban J connectivity index is 3.89. The Hall–Kier alpha value is -1.26. The van der Waals surface area contributed by atoms with Crippen molar-refractivity contribution in [1.29, 1.82) is 0 Å². The maximum absolute atomic E-state index is 11.4. The van der Waals surface area contributed by atoms with E-state index < -0.39 is 11.9 Å². The lowest BCUT2D eigenvalue weighted by molar-refractivity contribution is -0.142. The molecule has 0 rings (SSSR count). The standard InChI is InChI=1S/C13H26N2O3/c1-9(2)5-6-14-13(18)15-8-11(12(16)17)7-10(3)4/h9-11H,5-8H2,1-4H3,(H,16,17)(H2,14,15,18)/t11-/m0/s1. The van der Waals surface area contributed by atoms with Crippen LogP contribution in [0.4, 0.5) is 4.79 Å². The number of carboxylic acids is 1. The average Bonchev–Trinajstić information content (AvgIpc) is 2.22. The van der Waals surface area contributed by atoms with Crippen molar-refractivity contribution in [2.24, 2.45) is 17.8 Å². The van der Waals surface area contributed by atoms with E-state index >= 15 is 0 Å². The minimum absolute atomic E-state index is 0.182. The third-order valence-corrected chi connectivity index (χ3v) is 2.62. The van der Waals surface area contributed by atoms with Crippen molar-refractivity contribution in [2.45, 2.75) is 40.5 Å². The molecule has 0 unspecified atom stereocenters. The number of rotatable bonds is 8. The minimum Gasteiger partial charge on any atom is -0.481 e. The van der Waals surface area contributed by atoms with Crippen LogP contribution in [0.1, 0.15) is 40.5 Å². The van der Waals surface area contributed by atoms with E-state index in [2.05, 4.69) is 24.5 Å². The predicted molar refractivity (Wildman–Crippen MR) is 71.4 cm³/mol. The molecule has 2 amide bonds. The van der Waals surface area contributed by atoms with E-state index in [4.69, 9.17) is 5.11 Å². The molecule has 0 aliphatic carbocycles. The fourth-order valence-electron chi connectivity index (χ4n) is 1.59. The van der Waals surface area contributed by atoms with Crippen LogP contribution in [-0.4, -0.2) is 30.2 Å². The summed E-state index contributed by atoms with van der Waals surface area (Å²) in [4.78, 5) is 22.4. The van der Waals surface area contributed by atoms with Gasteiger partial charge in [-0.05, 0) is 24.7 Å². The summed E-state index contributed by atoms with van der Waals surface area (Å²) in [5, 5.41) is 14.3. The van der Waals surface area contributed by atoms with Gasteiger partial charge in [-0.2, -0.15) is 0 Å². The highest BCUT2D eigenvalue weighted by molar-refractivity contribution is 5.75. The fraction of sp³-hybridized carbons (Fsp3) is 0.846. The van der Waals surface area contributed by atoms with E-state index in [0.29, 0.717) is 24.8 Å². The van der Waals surface area contributed by atoms with Gasteiger partial charge >= 0.3 is 12.0 Å². The van der Waals surface area contributed by atoms with Crippen molar-refractivity contribution in [3.05, 3.63) is 0 Å². The first kappa shape index (κ1) is 16.7. The number of aliphatic carboxylic acids is 1. The Morgan fingerprint density at radius 1 is 1.06 bits per heavy atom. The SMILES string of the molecule is CC(C)CCNC(=O)NC[C@H](CC(C)C)C(=O)O. The molecule has 0 aliphatic rings. The predicted octanol–water partition coefficient (Wildman–Crippen LogP) is 2.08. The van der Waals surface area contributed by atoms with Crippen LogP contribution in [-0.2, 0) is 4.79 Å². The molecule has 0 aromatic rings. The van der Waals surface area contributed by atoms with Gasteiger partial charge in [0.05, 0.1) is 5.92 Å². The summed E-state index contributed by atoms with van der Waals surface area (Å²) in [6.45, 7) is 8.91. The van der Waals surface area contributed by atoms with Crippen LogP contribution < -0.4 is 10.6 Å². The Labute approximate surface area is 109 Å². The largest absolute Gasteiger partial charge is 0.481 e. The maximum atomic E-state index is 11.4. The van der Waals surface area contributed by atoms with Gasteiger partial charge in [0.1, 0.15) is 0 Å². The van der Waals surface area contributed by atoms with Gasteiger partial charge in [-0.25, -0.2) is 4.79 Å². The maximum Gasteiger partial charge on any atom is 0.314 e. The molecule has 0 aromatic heterocycles. The van der Waals surface area contributed by atoms with E-state index in [1.807, 2.05) is 13.8 Å². The van der Waals surface area contributed by atoms with E-state index in [1.54, 1.807) is 0 Å². The normalized spacial score (nSPS) is 12.6. The van der Waals surface area contributed by atoms with Gasteiger partial charge in [0.2, 0.25) is 0 Å². The third kappa shape index (κ3) is 8.84. The van der Waals surface area contributed by atoms with Crippen LogP contribution in [0.25, 0.3) is 0 Å². The van der Waals surface area contributed by atoms with E-state index in [9.17, 15) is 9.59 Å². The number of carboxylic acid groups (broad SMARTS) is 1. The van der Waals surface area contributed by atoms with Crippen LogP contribution in [0.15, 0.2) is 0 Å². The number of carbonyl (C=O) groups is 2. The molecule has 0 saturated heterocycles. The van der Waals surface area contributed by atoms with Crippen LogP contribution in [0.2, 0.25) is 0 Å². The first-order chi connectivity index (χ1) is 8.32. The van der Waals surface area contributed by atoms with Crippen LogP contribution >= 0.6 is 0 Å². The second-order valence-corrected chi connectivity index (χ2v) is 5.48. The van der Waals surface area contributed by atoms with Gasteiger partial charge in [0.15, 0.2) is 0 Å². The minimum atomic E-state index is -0.855. The van der Waals surface area contributed by atoms with Crippen molar-refractivity contribution in [1.82, 2.24) is 10.6 Å². The highest BCUT2D eigenvalue weighted by atomic mass is 16.4. The quantitative estimate of drug-likeness (QED) is 0.623. The molecule has 0 aliphatic heterocycles. The number of carbonyl (C=O) groups excluding carboxylic acids is 1. The Morgan fingerprint density at radius 2 is 1.67 bits per heavy atom. The topological polar surface area (TPSA) is 78.4 Å². The van der Waals surface area contributed by atoms with Crippen LogP contribution in [0.3, 0.4) is 0 Å². The summed E-state index contributed by atoms with van der Waals surface area (Å²) in [6.07, 6.45) is 1.49. The van der Waals surface area contributed by atoms with Gasteiger partial charge in [-0.1, -0.05) is 27.7 Å². The lowest BCUT2D eigenvalue weighted by Gasteiger charge is -2.16. The Bertz CT molecular complexity index is 265. The molecule has 0 spiro atoms. The van der Waals surface area contributed by atoms with Crippen LogP contribution in [0.5, 0.6) is 0 Å². The molecule has 5 heteroatoms. The fourth-order valence-corrected chi connectivity index (χ4v) is 1.59. The lowest BCUT2D eigenvalue weighted by atomic mass is 9.97. The molecule has 0 saturated carbocycles. The Kier molecular flexibility index (Phi) is 8.16. The number of amides is 2. The molecule has 0 fully saturated rings. The zero-order valence-electron chi connectivity index (χ0n) is 11.8. The molecular formula is C13H26N2O3. The van der Waals surface area contributed by atoms with Crippen molar-refractivity contribution in [3.8, 4) is 0 Å². The number of nitrogens with one attached hydrogen (secondary N) is 2.